The molecule has 4 aromatic carbocycles. The molecule has 184 valence electrons. The number of hydrogen-bond acceptors (Lipinski definition) is 3. The van der Waals surface area contributed by atoms with Gasteiger partial charge >= 0.3 is 0 Å². The van der Waals surface area contributed by atoms with Crippen molar-refractivity contribution in [2.45, 2.75) is 19.4 Å². The average Bonchev–Trinajstić information content (AvgIpc) is 2.91. The Kier molecular flexibility index (Phi) is 7.86. The van der Waals surface area contributed by atoms with Crippen molar-refractivity contribution in [1.82, 2.24) is 5.32 Å². The molecule has 0 spiro atoms. The minimum absolute atomic E-state index is 0.154. The molecule has 36 heavy (non-hydrogen) atoms. The van der Waals surface area contributed by atoms with Crippen molar-refractivity contribution < 1.29 is 13.2 Å². The third-order valence-electron chi connectivity index (χ3n) is 6.14. The van der Waals surface area contributed by atoms with Gasteiger partial charge in [0.1, 0.15) is 0 Å². The topological polar surface area (TPSA) is 66.5 Å². The molecule has 1 unspecified atom stereocenters. The van der Waals surface area contributed by atoms with Crippen LogP contribution in [0.3, 0.4) is 0 Å². The lowest BCUT2D eigenvalue weighted by Gasteiger charge is -2.25. The smallest absolute Gasteiger partial charge is 0.251 e. The lowest BCUT2D eigenvalue weighted by Crippen LogP contribution is -2.30. The van der Waals surface area contributed by atoms with Gasteiger partial charge in [-0.05, 0) is 40.8 Å². The number of carbonyl (C=O) groups excluding carboxylic acids is 1. The van der Waals surface area contributed by atoms with Crippen molar-refractivity contribution in [3.63, 3.8) is 0 Å². The van der Waals surface area contributed by atoms with Crippen molar-refractivity contribution in [1.29, 1.82) is 0 Å². The van der Waals surface area contributed by atoms with Crippen LogP contribution < -0.4 is 9.62 Å². The highest BCUT2D eigenvalue weighted by Gasteiger charge is 2.21. The van der Waals surface area contributed by atoms with Gasteiger partial charge in [0.2, 0.25) is 10.0 Å². The van der Waals surface area contributed by atoms with Crippen LogP contribution in [0.25, 0.3) is 11.1 Å². The second-order valence-electron chi connectivity index (χ2n) is 8.87. The van der Waals surface area contributed by atoms with Crippen LogP contribution in [0.15, 0.2) is 109 Å². The van der Waals surface area contributed by atoms with Crippen LogP contribution >= 0.6 is 0 Å². The van der Waals surface area contributed by atoms with Crippen LogP contribution in [0.4, 0.5) is 5.69 Å². The summed E-state index contributed by atoms with van der Waals surface area (Å²) in [6.07, 6.45) is 1.21. The fraction of sp³-hybridized carbons (Fsp3) is 0.167. The van der Waals surface area contributed by atoms with E-state index in [-0.39, 0.29) is 18.4 Å². The summed E-state index contributed by atoms with van der Waals surface area (Å²) in [5.74, 6) is 0.0427. The van der Waals surface area contributed by atoms with Gasteiger partial charge in [0.05, 0.1) is 18.5 Å². The van der Waals surface area contributed by atoms with Crippen molar-refractivity contribution >= 4 is 21.6 Å². The predicted molar refractivity (Wildman–Crippen MR) is 147 cm³/mol. The van der Waals surface area contributed by atoms with Crippen molar-refractivity contribution in [3.8, 4) is 11.1 Å². The van der Waals surface area contributed by atoms with Gasteiger partial charge in [-0.25, -0.2) is 8.42 Å². The quantitative estimate of drug-likeness (QED) is 0.315. The largest absolute Gasteiger partial charge is 0.351 e. The van der Waals surface area contributed by atoms with E-state index < -0.39 is 10.0 Å². The first kappa shape index (κ1) is 25.2. The fourth-order valence-electron chi connectivity index (χ4n) is 4.11. The molecule has 0 bridgehead atoms. The molecule has 1 N–H and O–H groups in total. The number of anilines is 1. The van der Waals surface area contributed by atoms with Gasteiger partial charge in [0.25, 0.3) is 5.91 Å². The Morgan fingerprint density at radius 2 is 1.39 bits per heavy atom. The second kappa shape index (κ2) is 11.2. The molecule has 6 heteroatoms. The molecular weight excluding hydrogens is 468 g/mol. The zero-order valence-corrected chi connectivity index (χ0v) is 21.3. The molecule has 5 nitrogen and oxygen atoms in total. The molecule has 0 heterocycles. The van der Waals surface area contributed by atoms with Crippen molar-refractivity contribution in [2.75, 3.05) is 17.1 Å². The molecule has 0 fully saturated rings. The Hall–Kier alpha value is -3.90. The summed E-state index contributed by atoms with van der Waals surface area (Å²) in [7, 11) is -3.56. The summed E-state index contributed by atoms with van der Waals surface area (Å²) in [6.45, 7) is 2.77. The Morgan fingerprint density at radius 3 is 2.03 bits per heavy atom. The highest BCUT2D eigenvalue weighted by atomic mass is 32.2. The van der Waals surface area contributed by atoms with Crippen LogP contribution in [-0.2, 0) is 16.6 Å². The SMILES string of the molecule is CC(CNC(=O)c1ccc(CN(c2ccccc2-c2ccccc2)S(C)(=O)=O)cc1)c1ccccc1. The first-order valence-corrected chi connectivity index (χ1v) is 13.7. The molecule has 0 aliphatic carbocycles. The van der Waals surface area contributed by atoms with E-state index in [4.69, 9.17) is 0 Å². The molecule has 4 rings (SSSR count). The van der Waals surface area contributed by atoms with Gasteiger partial charge in [0, 0.05) is 17.7 Å². The zero-order chi connectivity index (χ0) is 25.5. The van der Waals surface area contributed by atoms with Crippen LogP contribution in [-0.4, -0.2) is 27.1 Å². The Labute approximate surface area is 213 Å². The van der Waals surface area contributed by atoms with Crippen LogP contribution in [0.1, 0.15) is 34.3 Å². The van der Waals surface area contributed by atoms with E-state index in [2.05, 4.69) is 24.4 Å². The first-order chi connectivity index (χ1) is 17.3. The van der Waals surface area contributed by atoms with Gasteiger partial charge in [-0.3, -0.25) is 9.10 Å². The van der Waals surface area contributed by atoms with E-state index in [1.807, 2.05) is 72.8 Å². The number of carbonyl (C=O) groups is 1. The molecule has 0 aliphatic heterocycles. The van der Waals surface area contributed by atoms with Crippen molar-refractivity contribution in [2.24, 2.45) is 0 Å². The second-order valence-corrected chi connectivity index (χ2v) is 10.8. The van der Waals surface area contributed by atoms with Gasteiger partial charge in [-0.15, -0.1) is 0 Å². The van der Waals surface area contributed by atoms with E-state index in [1.165, 1.54) is 16.1 Å². The number of amides is 1. The normalized spacial score (nSPS) is 12.1. The summed E-state index contributed by atoms with van der Waals surface area (Å²) in [4.78, 5) is 12.7. The minimum atomic E-state index is -3.56. The number of rotatable bonds is 9. The first-order valence-electron chi connectivity index (χ1n) is 11.9. The lowest BCUT2D eigenvalue weighted by molar-refractivity contribution is 0.0951. The molecule has 1 amide bonds. The molecule has 0 saturated heterocycles. The molecule has 0 aromatic heterocycles. The van der Waals surface area contributed by atoms with Gasteiger partial charge in [-0.1, -0.05) is 97.9 Å². The van der Waals surface area contributed by atoms with Gasteiger partial charge < -0.3 is 5.32 Å². The summed E-state index contributed by atoms with van der Waals surface area (Å²) in [5, 5.41) is 2.99. The number of nitrogens with zero attached hydrogens (tertiary/aromatic N) is 1. The highest BCUT2D eigenvalue weighted by molar-refractivity contribution is 7.92. The Bertz CT molecular complexity index is 1400. The molecule has 0 saturated carbocycles. The maximum Gasteiger partial charge on any atom is 0.251 e. The Balaban J connectivity index is 1.50. The minimum Gasteiger partial charge on any atom is -0.351 e. The van der Waals surface area contributed by atoms with Crippen LogP contribution in [0, 0.1) is 0 Å². The molecule has 0 aliphatic rings. The summed E-state index contributed by atoms with van der Waals surface area (Å²) in [5.41, 5.74) is 4.89. The van der Waals surface area contributed by atoms with E-state index in [9.17, 15) is 13.2 Å². The lowest BCUT2D eigenvalue weighted by atomic mass is 10.0. The van der Waals surface area contributed by atoms with Crippen LogP contribution in [0.2, 0.25) is 0 Å². The number of nitrogens with one attached hydrogen (secondary N) is 1. The van der Waals surface area contributed by atoms with Gasteiger partial charge in [0.15, 0.2) is 0 Å². The molecule has 1 atom stereocenters. The average molecular weight is 499 g/mol. The van der Waals surface area contributed by atoms with E-state index in [1.54, 1.807) is 24.3 Å². The third-order valence-corrected chi connectivity index (χ3v) is 7.26. The maximum atomic E-state index is 12.8. The van der Waals surface area contributed by atoms with Gasteiger partial charge in [-0.2, -0.15) is 0 Å². The van der Waals surface area contributed by atoms with E-state index in [0.717, 1.165) is 16.7 Å². The summed E-state index contributed by atoms with van der Waals surface area (Å²) >= 11 is 0. The highest BCUT2D eigenvalue weighted by Crippen LogP contribution is 2.33. The zero-order valence-electron chi connectivity index (χ0n) is 20.5. The number of hydrogen-bond donors (Lipinski definition) is 1. The third kappa shape index (κ3) is 6.20. The maximum absolute atomic E-state index is 12.8. The number of sulfonamides is 1. The molecule has 4 aromatic rings. The van der Waals surface area contributed by atoms with E-state index in [0.29, 0.717) is 17.8 Å². The summed E-state index contributed by atoms with van der Waals surface area (Å²) in [6, 6.07) is 34.3. The number of benzene rings is 4. The molecule has 0 radical (unpaired) electrons. The monoisotopic (exact) mass is 498 g/mol. The number of para-hydroxylation sites is 1. The predicted octanol–water partition coefficient (Wildman–Crippen LogP) is 5.85. The van der Waals surface area contributed by atoms with Crippen LogP contribution in [0.5, 0.6) is 0 Å². The molecular formula is C30H30N2O3S. The van der Waals surface area contributed by atoms with Crippen molar-refractivity contribution in [3.05, 3.63) is 126 Å². The fourth-order valence-corrected chi connectivity index (χ4v) is 5.01. The van der Waals surface area contributed by atoms with E-state index >= 15 is 0 Å². The summed E-state index contributed by atoms with van der Waals surface area (Å²) < 4.78 is 27.1. The standard InChI is InChI=1S/C30H30N2O3S/c1-23(25-11-5-3-6-12-25)21-31-30(33)27-19-17-24(18-20-27)22-32(36(2,34)35)29-16-10-9-15-28(29)26-13-7-4-8-14-26/h3-20,23H,21-22H2,1-2H3,(H,31,33). The Morgan fingerprint density at radius 1 is 0.806 bits per heavy atom.